The van der Waals surface area contributed by atoms with Crippen LogP contribution in [0.15, 0.2) is 29.6 Å². The Labute approximate surface area is 92.5 Å². The van der Waals surface area contributed by atoms with E-state index in [9.17, 15) is 5.11 Å². The summed E-state index contributed by atoms with van der Waals surface area (Å²) < 4.78 is 0. The predicted octanol–water partition coefficient (Wildman–Crippen LogP) is 3.33. The van der Waals surface area contributed by atoms with Crippen molar-refractivity contribution in [3.8, 4) is 5.75 Å². The molecule has 1 aromatic carbocycles. The van der Waals surface area contributed by atoms with Crippen LogP contribution in [-0.2, 0) is 0 Å². The fourth-order valence-corrected chi connectivity index (χ4v) is 1.93. The van der Waals surface area contributed by atoms with Gasteiger partial charge in [-0.25, -0.2) is 4.98 Å². The highest BCUT2D eigenvalue weighted by atomic mass is 32.1. The first kappa shape index (κ1) is 9.93. The third-order valence-electron chi connectivity index (χ3n) is 1.93. The third-order valence-corrected chi connectivity index (χ3v) is 2.85. The molecule has 76 valence electrons. The van der Waals surface area contributed by atoms with Crippen molar-refractivity contribution in [2.75, 3.05) is 0 Å². The Balaban J connectivity index is 2.18. The minimum absolute atomic E-state index is 0.285. The van der Waals surface area contributed by atoms with E-state index >= 15 is 0 Å². The molecule has 1 N–H and O–H groups in total. The molecular formula is C12H11NOS. The first-order valence-electron chi connectivity index (χ1n) is 4.63. The molecular weight excluding hydrogens is 206 g/mol. The number of hydrogen-bond donors (Lipinski definition) is 1. The molecule has 3 heteroatoms. The average Bonchev–Trinajstić information content (AvgIpc) is 2.62. The van der Waals surface area contributed by atoms with Crippen molar-refractivity contribution in [3.63, 3.8) is 0 Å². The number of aromatic nitrogens is 1. The number of phenolic OH excluding ortho intramolecular Hbond substituents is 1. The van der Waals surface area contributed by atoms with E-state index in [0.29, 0.717) is 0 Å². The molecule has 2 rings (SSSR count). The van der Waals surface area contributed by atoms with Gasteiger partial charge in [-0.1, -0.05) is 18.2 Å². The highest BCUT2D eigenvalue weighted by molar-refractivity contribution is 7.10. The Hall–Kier alpha value is -1.61. The van der Waals surface area contributed by atoms with Gasteiger partial charge < -0.3 is 5.11 Å². The molecule has 0 atom stereocenters. The van der Waals surface area contributed by atoms with Gasteiger partial charge in [0.15, 0.2) is 0 Å². The summed E-state index contributed by atoms with van der Waals surface area (Å²) in [5.74, 6) is 0.285. The van der Waals surface area contributed by atoms with Gasteiger partial charge in [0.25, 0.3) is 0 Å². The van der Waals surface area contributed by atoms with Crippen molar-refractivity contribution < 1.29 is 5.11 Å². The second-order valence-electron chi connectivity index (χ2n) is 3.26. The van der Waals surface area contributed by atoms with Gasteiger partial charge in [-0.2, -0.15) is 0 Å². The van der Waals surface area contributed by atoms with Crippen LogP contribution < -0.4 is 0 Å². The lowest BCUT2D eigenvalue weighted by atomic mass is 10.2. The quantitative estimate of drug-likeness (QED) is 0.837. The van der Waals surface area contributed by atoms with Crippen molar-refractivity contribution in [1.82, 2.24) is 4.98 Å². The van der Waals surface area contributed by atoms with Crippen LogP contribution in [0.1, 0.15) is 16.3 Å². The number of hydrogen-bond acceptors (Lipinski definition) is 3. The average molecular weight is 217 g/mol. The van der Waals surface area contributed by atoms with Crippen LogP contribution in [0.25, 0.3) is 12.2 Å². The Kier molecular flexibility index (Phi) is 2.83. The number of aromatic hydroxyl groups is 1. The van der Waals surface area contributed by atoms with Crippen LogP contribution in [0.5, 0.6) is 5.75 Å². The maximum atomic E-state index is 9.27. The topological polar surface area (TPSA) is 33.1 Å². The normalized spacial score (nSPS) is 11.0. The zero-order valence-corrected chi connectivity index (χ0v) is 9.16. The number of rotatable bonds is 2. The third kappa shape index (κ3) is 2.67. The smallest absolute Gasteiger partial charge is 0.116 e. The molecule has 0 bridgehead atoms. The lowest BCUT2D eigenvalue weighted by Gasteiger charge is -1.93. The second kappa shape index (κ2) is 4.28. The Morgan fingerprint density at radius 2 is 2.20 bits per heavy atom. The summed E-state index contributed by atoms with van der Waals surface area (Å²) in [5, 5.41) is 12.3. The molecule has 0 spiro atoms. The van der Waals surface area contributed by atoms with Gasteiger partial charge in [0.1, 0.15) is 10.8 Å². The minimum atomic E-state index is 0.285. The number of benzene rings is 1. The summed E-state index contributed by atoms with van der Waals surface area (Å²) in [4.78, 5) is 4.32. The largest absolute Gasteiger partial charge is 0.508 e. The molecule has 2 aromatic rings. The molecule has 0 fully saturated rings. The molecule has 0 saturated heterocycles. The fourth-order valence-electron chi connectivity index (χ4n) is 1.24. The minimum Gasteiger partial charge on any atom is -0.508 e. The van der Waals surface area contributed by atoms with E-state index in [1.165, 1.54) is 0 Å². The van der Waals surface area contributed by atoms with Crippen molar-refractivity contribution >= 4 is 23.5 Å². The zero-order chi connectivity index (χ0) is 10.7. The standard InChI is InChI=1S/C12H11NOS/c1-9-8-15-12(13-9)6-5-10-3-2-4-11(14)7-10/h2-8,14H,1H3/b6-5+. The number of nitrogens with zero attached hydrogens (tertiary/aromatic N) is 1. The van der Waals surface area contributed by atoms with E-state index in [-0.39, 0.29) is 5.75 Å². The fraction of sp³-hybridized carbons (Fsp3) is 0.0833. The predicted molar refractivity (Wildman–Crippen MR) is 63.9 cm³/mol. The van der Waals surface area contributed by atoms with E-state index in [1.807, 2.05) is 36.6 Å². The molecule has 0 radical (unpaired) electrons. The number of aryl methyl sites for hydroxylation is 1. The first-order chi connectivity index (χ1) is 7.24. The number of phenols is 1. The van der Waals surface area contributed by atoms with Crippen molar-refractivity contribution in [3.05, 3.63) is 45.9 Å². The Morgan fingerprint density at radius 3 is 2.87 bits per heavy atom. The maximum absolute atomic E-state index is 9.27. The summed E-state index contributed by atoms with van der Waals surface area (Å²) in [5.41, 5.74) is 2.01. The molecule has 15 heavy (non-hydrogen) atoms. The van der Waals surface area contributed by atoms with Crippen LogP contribution in [0.2, 0.25) is 0 Å². The van der Waals surface area contributed by atoms with Gasteiger partial charge >= 0.3 is 0 Å². The van der Waals surface area contributed by atoms with Crippen molar-refractivity contribution in [2.24, 2.45) is 0 Å². The lowest BCUT2D eigenvalue weighted by Crippen LogP contribution is -1.72. The van der Waals surface area contributed by atoms with Gasteiger partial charge in [0, 0.05) is 11.1 Å². The van der Waals surface area contributed by atoms with E-state index in [2.05, 4.69) is 4.98 Å². The first-order valence-corrected chi connectivity index (χ1v) is 5.51. The maximum Gasteiger partial charge on any atom is 0.116 e. The molecule has 0 unspecified atom stereocenters. The van der Waals surface area contributed by atoms with Crippen LogP contribution in [0.4, 0.5) is 0 Å². The monoisotopic (exact) mass is 217 g/mol. The molecule has 1 heterocycles. The van der Waals surface area contributed by atoms with E-state index in [4.69, 9.17) is 0 Å². The van der Waals surface area contributed by atoms with Crippen LogP contribution in [-0.4, -0.2) is 10.1 Å². The lowest BCUT2D eigenvalue weighted by molar-refractivity contribution is 0.475. The molecule has 0 aliphatic carbocycles. The summed E-state index contributed by atoms with van der Waals surface area (Å²) >= 11 is 1.61. The van der Waals surface area contributed by atoms with Gasteiger partial charge in [0.05, 0.1) is 0 Å². The van der Waals surface area contributed by atoms with E-state index in [1.54, 1.807) is 23.5 Å². The van der Waals surface area contributed by atoms with E-state index < -0.39 is 0 Å². The summed E-state index contributed by atoms with van der Waals surface area (Å²) in [6.45, 7) is 1.97. The SMILES string of the molecule is Cc1csc(/C=C/c2cccc(O)c2)n1. The van der Waals surface area contributed by atoms with Crippen LogP contribution in [0, 0.1) is 6.92 Å². The zero-order valence-electron chi connectivity index (χ0n) is 8.34. The van der Waals surface area contributed by atoms with Gasteiger partial charge in [-0.3, -0.25) is 0 Å². The van der Waals surface area contributed by atoms with Gasteiger partial charge in [0.2, 0.25) is 0 Å². The Bertz CT molecular complexity index is 488. The van der Waals surface area contributed by atoms with Crippen LogP contribution in [0.3, 0.4) is 0 Å². The Morgan fingerprint density at radius 1 is 1.33 bits per heavy atom. The molecule has 1 aromatic heterocycles. The highest BCUT2D eigenvalue weighted by Crippen LogP contribution is 2.15. The summed E-state index contributed by atoms with van der Waals surface area (Å²) in [7, 11) is 0. The van der Waals surface area contributed by atoms with Crippen LogP contribution >= 0.6 is 11.3 Å². The summed E-state index contributed by atoms with van der Waals surface area (Å²) in [6, 6.07) is 7.14. The number of thiazole rings is 1. The van der Waals surface area contributed by atoms with Gasteiger partial charge in [-0.15, -0.1) is 11.3 Å². The molecule has 0 saturated carbocycles. The highest BCUT2D eigenvalue weighted by Gasteiger charge is 1.93. The van der Waals surface area contributed by atoms with Gasteiger partial charge in [-0.05, 0) is 30.7 Å². The van der Waals surface area contributed by atoms with Crippen molar-refractivity contribution in [2.45, 2.75) is 6.92 Å². The molecule has 0 aliphatic rings. The second-order valence-corrected chi connectivity index (χ2v) is 4.15. The summed E-state index contributed by atoms with van der Waals surface area (Å²) in [6.07, 6.45) is 3.89. The molecule has 0 amide bonds. The molecule has 0 aliphatic heterocycles. The molecule has 2 nitrogen and oxygen atoms in total. The van der Waals surface area contributed by atoms with E-state index in [0.717, 1.165) is 16.3 Å². The van der Waals surface area contributed by atoms with Crippen molar-refractivity contribution in [1.29, 1.82) is 0 Å².